The third-order valence-corrected chi connectivity index (χ3v) is 4.43. The molecule has 0 aliphatic carbocycles. The van der Waals surface area contributed by atoms with E-state index in [9.17, 15) is 18.4 Å². The molecular weight excluding hydrogens is 366 g/mol. The predicted molar refractivity (Wildman–Crippen MR) is 103 cm³/mol. The van der Waals surface area contributed by atoms with Crippen LogP contribution < -0.4 is 15.5 Å². The normalized spacial score (nSPS) is 14.2. The highest BCUT2D eigenvalue weighted by atomic mass is 19.1. The quantitative estimate of drug-likeness (QED) is 0.815. The fourth-order valence-corrected chi connectivity index (χ4v) is 3.13. The fraction of sp³-hybridized carbons (Fsp3) is 0.300. The van der Waals surface area contributed by atoms with E-state index in [4.69, 9.17) is 0 Å². The topological polar surface area (TPSA) is 64.7 Å². The molecule has 2 N–H and O–H groups in total. The van der Waals surface area contributed by atoms with E-state index in [-0.39, 0.29) is 24.2 Å². The predicted octanol–water partition coefficient (Wildman–Crippen LogP) is 3.94. The molecule has 8 heteroatoms. The van der Waals surface area contributed by atoms with Crippen LogP contribution in [0.3, 0.4) is 0 Å². The molecule has 0 radical (unpaired) electrons. The highest BCUT2D eigenvalue weighted by molar-refractivity contribution is 5.94. The van der Waals surface area contributed by atoms with Gasteiger partial charge in [0.05, 0.1) is 6.54 Å². The average Bonchev–Trinajstić information content (AvgIpc) is 2.66. The molecule has 148 valence electrons. The highest BCUT2D eigenvalue weighted by Crippen LogP contribution is 2.25. The standard InChI is InChI=1S/C20H22F2N4O2/c1-2-23-19(27)24-16-5-3-6-17(12-16)26-10-4-9-25(20(26)28)13-14-11-15(21)7-8-18(14)22/h3,5-8,11-12H,2,4,9-10,13H2,1H3,(H2,23,24,27). The number of hydrogen-bond acceptors (Lipinski definition) is 2. The van der Waals surface area contributed by atoms with E-state index in [2.05, 4.69) is 10.6 Å². The van der Waals surface area contributed by atoms with Crippen molar-refractivity contribution < 1.29 is 18.4 Å². The van der Waals surface area contributed by atoms with E-state index in [0.717, 1.165) is 18.2 Å². The lowest BCUT2D eigenvalue weighted by atomic mass is 10.1. The molecule has 0 aromatic heterocycles. The molecular formula is C20H22F2N4O2. The maximum absolute atomic E-state index is 13.9. The number of carbonyl (C=O) groups is 2. The van der Waals surface area contributed by atoms with E-state index in [1.54, 1.807) is 29.2 Å². The minimum atomic E-state index is -0.542. The Morgan fingerprint density at radius 1 is 1.14 bits per heavy atom. The van der Waals surface area contributed by atoms with Crippen molar-refractivity contribution in [2.45, 2.75) is 19.9 Å². The van der Waals surface area contributed by atoms with Crippen LogP contribution in [0, 0.1) is 11.6 Å². The summed E-state index contributed by atoms with van der Waals surface area (Å²) < 4.78 is 27.4. The molecule has 0 spiro atoms. The molecule has 0 unspecified atom stereocenters. The summed E-state index contributed by atoms with van der Waals surface area (Å²) in [5.74, 6) is -1.08. The molecule has 0 saturated carbocycles. The van der Waals surface area contributed by atoms with Crippen molar-refractivity contribution in [1.29, 1.82) is 0 Å². The summed E-state index contributed by atoms with van der Waals surface area (Å²) in [6.07, 6.45) is 0.691. The second-order valence-corrected chi connectivity index (χ2v) is 6.48. The summed E-state index contributed by atoms with van der Waals surface area (Å²) >= 11 is 0. The van der Waals surface area contributed by atoms with Gasteiger partial charge in [-0.15, -0.1) is 0 Å². The Bertz CT molecular complexity index is 875. The molecule has 1 aliphatic rings. The number of nitrogens with one attached hydrogen (secondary N) is 2. The Hall–Kier alpha value is -3.16. The summed E-state index contributed by atoms with van der Waals surface area (Å²) in [6.45, 7) is 3.28. The van der Waals surface area contributed by atoms with Gasteiger partial charge in [-0.2, -0.15) is 0 Å². The summed E-state index contributed by atoms with van der Waals surface area (Å²) in [6, 6.07) is 9.56. The molecule has 1 heterocycles. The van der Waals surface area contributed by atoms with Crippen LogP contribution >= 0.6 is 0 Å². The lowest BCUT2D eigenvalue weighted by Gasteiger charge is -2.36. The molecule has 28 heavy (non-hydrogen) atoms. The van der Waals surface area contributed by atoms with Gasteiger partial charge in [0.2, 0.25) is 0 Å². The van der Waals surface area contributed by atoms with Gasteiger partial charge in [-0.25, -0.2) is 18.4 Å². The van der Waals surface area contributed by atoms with Crippen LogP contribution in [0.5, 0.6) is 0 Å². The molecule has 1 saturated heterocycles. The van der Waals surface area contributed by atoms with Gasteiger partial charge in [0.25, 0.3) is 0 Å². The molecule has 2 aromatic rings. The largest absolute Gasteiger partial charge is 0.338 e. The number of rotatable bonds is 5. The van der Waals surface area contributed by atoms with Gasteiger partial charge in [0.1, 0.15) is 11.6 Å². The summed E-state index contributed by atoms with van der Waals surface area (Å²) in [7, 11) is 0. The van der Waals surface area contributed by atoms with Crippen molar-refractivity contribution in [3.05, 3.63) is 59.7 Å². The van der Waals surface area contributed by atoms with E-state index in [1.165, 1.54) is 4.90 Å². The van der Waals surface area contributed by atoms with Crippen LogP contribution in [-0.4, -0.2) is 36.6 Å². The van der Waals surface area contributed by atoms with Crippen LogP contribution in [0.15, 0.2) is 42.5 Å². The Kier molecular flexibility index (Phi) is 6.08. The van der Waals surface area contributed by atoms with Crippen molar-refractivity contribution in [3.8, 4) is 0 Å². The summed E-state index contributed by atoms with van der Waals surface area (Å²) in [5, 5.41) is 5.35. The number of halogens is 2. The minimum absolute atomic E-state index is 0.00419. The first kappa shape index (κ1) is 19.6. The van der Waals surface area contributed by atoms with Crippen molar-refractivity contribution in [2.75, 3.05) is 29.9 Å². The van der Waals surface area contributed by atoms with Crippen LogP contribution in [0.1, 0.15) is 18.9 Å². The van der Waals surface area contributed by atoms with Crippen molar-refractivity contribution in [3.63, 3.8) is 0 Å². The van der Waals surface area contributed by atoms with Gasteiger partial charge in [-0.3, -0.25) is 4.90 Å². The van der Waals surface area contributed by atoms with E-state index >= 15 is 0 Å². The van der Waals surface area contributed by atoms with Crippen LogP contribution in [0.2, 0.25) is 0 Å². The smallest absolute Gasteiger partial charge is 0.324 e. The first-order valence-corrected chi connectivity index (χ1v) is 9.13. The number of benzene rings is 2. The number of urea groups is 2. The lowest BCUT2D eigenvalue weighted by Crippen LogP contribution is -2.49. The zero-order valence-electron chi connectivity index (χ0n) is 15.5. The third kappa shape index (κ3) is 4.57. The van der Waals surface area contributed by atoms with E-state index in [0.29, 0.717) is 37.4 Å². The maximum atomic E-state index is 13.9. The molecule has 6 nitrogen and oxygen atoms in total. The van der Waals surface area contributed by atoms with E-state index in [1.807, 2.05) is 6.92 Å². The minimum Gasteiger partial charge on any atom is -0.338 e. The molecule has 1 fully saturated rings. The summed E-state index contributed by atoms with van der Waals surface area (Å²) in [4.78, 5) is 27.7. The summed E-state index contributed by atoms with van der Waals surface area (Å²) in [5.41, 5.74) is 1.33. The van der Waals surface area contributed by atoms with Gasteiger partial charge in [-0.05, 0) is 49.7 Å². The van der Waals surface area contributed by atoms with E-state index < -0.39 is 11.6 Å². The SMILES string of the molecule is CCNC(=O)Nc1cccc(N2CCCN(Cc3cc(F)ccc3F)C2=O)c1. The molecule has 2 aromatic carbocycles. The van der Waals surface area contributed by atoms with Gasteiger partial charge in [0.15, 0.2) is 0 Å². The number of amides is 4. The lowest BCUT2D eigenvalue weighted by molar-refractivity contribution is 0.191. The van der Waals surface area contributed by atoms with Crippen LogP contribution in [0.4, 0.5) is 29.7 Å². The highest BCUT2D eigenvalue weighted by Gasteiger charge is 2.27. The zero-order valence-corrected chi connectivity index (χ0v) is 15.5. The van der Waals surface area contributed by atoms with Gasteiger partial charge >= 0.3 is 12.1 Å². The number of nitrogens with zero attached hydrogens (tertiary/aromatic N) is 2. The number of hydrogen-bond donors (Lipinski definition) is 2. The molecule has 1 aliphatic heterocycles. The molecule has 0 atom stereocenters. The Morgan fingerprint density at radius 3 is 2.75 bits per heavy atom. The van der Waals surface area contributed by atoms with Crippen LogP contribution in [0.25, 0.3) is 0 Å². The number of anilines is 2. The molecule has 4 amide bonds. The first-order chi connectivity index (χ1) is 13.5. The van der Waals surface area contributed by atoms with Gasteiger partial charge in [0, 0.05) is 36.6 Å². The van der Waals surface area contributed by atoms with Gasteiger partial charge in [-0.1, -0.05) is 6.07 Å². The average molecular weight is 388 g/mol. The van der Waals surface area contributed by atoms with Crippen molar-refractivity contribution in [2.24, 2.45) is 0 Å². The molecule has 3 rings (SSSR count). The Labute approximate surface area is 162 Å². The van der Waals surface area contributed by atoms with Crippen LogP contribution in [-0.2, 0) is 6.54 Å². The van der Waals surface area contributed by atoms with Crippen molar-refractivity contribution in [1.82, 2.24) is 10.2 Å². The van der Waals surface area contributed by atoms with Gasteiger partial charge < -0.3 is 15.5 Å². The first-order valence-electron chi connectivity index (χ1n) is 9.13. The Balaban J connectivity index is 1.75. The Morgan fingerprint density at radius 2 is 1.96 bits per heavy atom. The maximum Gasteiger partial charge on any atom is 0.324 e. The molecule has 0 bridgehead atoms. The monoisotopic (exact) mass is 388 g/mol. The fourth-order valence-electron chi connectivity index (χ4n) is 3.13. The van der Waals surface area contributed by atoms with Crippen molar-refractivity contribution >= 4 is 23.4 Å². The zero-order chi connectivity index (χ0) is 20.1. The second kappa shape index (κ2) is 8.69. The second-order valence-electron chi connectivity index (χ2n) is 6.48. The number of carbonyl (C=O) groups excluding carboxylic acids is 2. The third-order valence-electron chi connectivity index (χ3n) is 4.43.